The van der Waals surface area contributed by atoms with Crippen molar-refractivity contribution in [1.82, 2.24) is 0 Å². The minimum atomic E-state index is -3.66. The summed E-state index contributed by atoms with van der Waals surface area (Å²) in [5.74, 6) is 0. The first-order chi connectivity index (χ1) is 11.9. The van der Waals surface area contributed by atoms with Crippen molar-refractivity contribution >= 4 is 10.1 Å². The van der Waals surface area contributed by atoms with Crippen molar-refractivity contribution < 1.29 is 17.3 Å². The Kier molecular flexibility index (Phi) is 7.17. The van der Waals surface area contributed by atoms with E-state index in [0.29, 0.717) is 19.6 Å². The van der Waals surface area contributed by atoms with Gasteiger partial charge in [0.2, 0.25) is 0 Å². The van der Waals surface area contributed by atoms with E-state index in [-0.39, 0.29) is 11.5 Å². The van der Waals surface area contributed by atoms with E-state index in [9.17, 15) is 8.42 Å². The third kappa shape index (κ3) is 5.96. The summed E-state index contributed by atoms with van der Waals surface area (Å²) in [6, 6.07) is 12.9. The lowest BCUT2D eigenvalue weighted by Crippen LogP contribution is -2.08. The molecule has 0 heterocycles. The van der Waals surface area contributed by atoms with E-state index in [1.807, 2.05) is 13.0 Å². The molecule has 0 amide bonds. The number of aryl methyl sites for hydroxylation is 3. The summed E-state index contributed by atoms with van der Waals surface area (Å²) in [5, 5.41) is 0. The molecule has 0 saturated carbocycles. The topological polar surface area (TPSA) is 52.6 Å². The lowest BCUT2D eigenvalue weighted by molar-refractivity contribution is 0.113. The van der Waals surface area contributed by atoms with Gasteiger partial charge in [-0.25, -0.2) is 0 Å². The summed E-state index contributed by atoms with van der Waals surface area (Å²) in [7, 11) is -3.66. The third-order valence-corrected chi connectivity index (χ3v) is 5.45. The van der Waals surface area contributed by atoms with Crippen LogP contribution in [0.3, 0.4) is 0 Å². The van der Waals surface area contributed by atoms with Crippen molar-refractivity contribution in [3.8, 4) is 0 Å². The largest absolute Gasteiger partial charge is 0.377 e. The van der Waals surface area contributed by atoms with E-state index in [0.717, 1.165) is 12.0 Å². The Hall–Kier alpha value is -1.69. The zero-order chi connectivity index (χ0) is 18.3. The highest BCUT2D eigenvalue weighted by Gasteiger charge is 2.14. The third-order valence-electron chi connectivity index (χ3n) is 4.12. The zero-order valence-corrected chi connectivity index (χ0v) is 15.9. The number of hydrogen-bond acceptors (Lipinski definition) is 4. The van der Waals surface area contributed by atoms with E-state index in [1.165, 1.54) is 16.7 Å². The van der Waals surface area contributed by atoms with Gasteiger partial charge in [0.05, 0.1) is 18.1 Å². The maximum atomic E-state index is 12.0. The first-order valence-corrected chi connectivity index (χ1v) is 9.90. The van der Waals surface area contributed by atoms with Crippen molar-refractivity contribution in [2.45, 2.75) is 45.1 Å². The quantitative estimate of drug-likeness (QED) is 0.492. The van der Waals surface area contributed by atoms with Crippen molar-refractivity contribution in [1.29, 1.82) is 0 Å². The van der Waals surface area contributed by atoms with Crippen molar-refractivity contribution in [3.05, 3.63) is 64.7 Å². The molecule has 0 aromatic heterocycles. The number of ether oxygens (including phenoxy) is 1. The first kappa shape index (κ1) is 19.6. The maximum absolute atomic E-state index is 12.0. The molecular formula is C20H26O4S. The summed E-state index contributed by atoms with van der Waals surface area (Å²) in [6.07, 6.45) is 1.40. The number of benzene rings is 2. The van der Waals surface area contributed by atoms with Crippen LogP contribution in [0.4, 0.5) is 0 Å². The number of rotatable bonds is 9. The Balaban J connectivity index is 1.67. The molecule has 0 N–H and O–H groups in total. The summed E-state index contributed by atoms with van der Waals surface area (Å²) >= 11 is 0. The molecular weight excluding hydrogens is 336 g/mol. The van der Waals surface area contributed by atoms with E-state index in [1.54, 1.807) is 24.3 Å². The average molecular weight is 362 g/mol. The predicted molar refractivity (Wildman–Crippen MR) is 99.1 cm³/mol. The van der Waals surface area contributed by atoms with Crippen LogP contribution in [0.25, 0.3) is 0 Å². The molecule has 0 atom stereocenters. The predicted octanol–water partition coefficient (Wildman–Crippen LogP) is 4.31. The minimum Gasteiger partial charge on any atom is -0.377 e. The average Bonchev–Trinajstić information content (AvgIpc) is 2.56. The number of unbranched alkanes of at least 4 members (excludes halogenated alkanes) is 1. The zero-order valence-electron chi connectivity index (χ0n) is 15.1. The van der Waals surface area contributed by atoms with Gasteiger partial charge in [0.1, 0.15) is 0 Å². The van der Waals surface area contributed by atoms with Crippen LogP contribution in [-0.2, 0) is 25.6 Å². The number of hydrogen-bond donors (Lipinski definition) is 0. The van der Waals surface area contributed by atoms with Crippen LogP contribution in [0, 0.1) is 20.8 Å². The highest BCUT2D eigenvalue weighted by atomic mass is 32.2. The van der Waals surface area contributed by atoms with Gasteiger partial charge in [0.25, 0.3) is 10.1 Å². The van der Waals surface area contributed by atoms with Gasteiger partial charge >= 0.3 is 0 Å². The molecule has 0 aliphatic heterocycles. The molecule has 0 saturated heterocycles. The summed E-state index contributed by atoms with van der Waals surface area (Å²) in [5.41, 5.74) is 4.70. The fourth-order valence-electron chi connectivity index (χ4n) is 2.50. The Morgan fingerprint density at radius 3 is 2.08 bits per heavy atom. The van der Waals surface area contributed by atoms with Crippen LogP contribution in [-0.4, -0.2) is 21.6 Å². The lowest BCUT2D eigenvalue weighted by Gasteiger charge is -2.10. The normalized spacial score (nSPS) is 11.6. The second-order valence-electron chi connectivity index (χ2n) is 6.22. The molecule has 136 valence electrons. The second kappa shape index (κ2) is 9.13. The van der Waals surface area contributed by atoms with Gasteiger partial charge in [0, 0.05) is 6.61 Å². The molecule has 2 aromatic carbocycles. The van der Waals surface area contributed by atoms with Crippen LogP contribution < -0.4 is 0 Å². The maximum Gasteiger partial charge on any atom is 0.296 e. The fourth-order valence-corrected chi connectivity index (χ4v) is 3.44. The van der Waals surface area contributed by atoms with Crippen LogP contribution in [0.2, 0.25) is 0 Å². The van der Waals surface area contributed by atoms with Gasteiger partial charge in [-0.1, -0.05) is 35.9 Å². The van der Waals surface area contributed by atoms with E-state index in [4.69, 9.17) is 8.92 Å². The molecule has 2 rings (SSSR count). The van der Waals surface area contributed by atoms with E-state index < -0.39 is 10.1 Å². The van der Waals surface area contributed by atoms with Crippen LogP contribution in [0.5, 0.6) is 0 Å². The monoisotopic (exact) mass is 362 g/mol. The first-order valence-electron chi connectivity index (χ1n) is 8.49. The lowest BCUT2D eigenvalue weighted by atomic mass is 10.0. The summed E-state index contributed by atoms with van der Waals surface area (Å²) in [6.45, 7) is 7.41. The van der Waals surface area contributed by atoms with Crippen LogP contribution in [0.15, 0.2) is 47.4 Å². The highest BCUT2D eigenvalue weighted by Crippen LogP contribution is 2.15. The fraction of sp³-hybridized carbons (Fsp3) is 0.400. The van der Waals surface area contributed by atoms with Gasteiger partial charge in [-0.05, 0) is 62.4 Å². The van der Waals surface area contributed by atoms with Gasteiger partial charge in [-0.15, -0.1) is 0 Å². The minimum absolute atomic E-state index is 0.170. The van der Waals surface area contributed by atoms with Gasteiger partial charge in [-0.2, -0.15) is 8.42 Å². The van der Waals surface area contributed by atoms with E-state index >= 15 is 0 Å². The van der Waals surface area contributed by atoms with Crippen molar-refractivity contribution in [3.63, 3.8) is 0 Å². The smallest absolute Gasteiger partial charge is 0.296 e. The Morgan fingerprint density at radius 2 is 1.44 bits per heavy atom. The molecule has 4 nitrogen and oxygen atoms in total. The van der Waals surface area contributed by atoms with Gasteiger partial charge in [-0.3, -0.25) is 4.18 Å². The van der Waals surface area contributed by atoms with Gasteiger partial charge < -0.3 is 4.74 Å². The van der Waals surface area contributed by atoms with Crippen LogP contribution >= 0.6 is 0 Å². The van der Waals surface area contributed by atoms with Crippen LogP contribution in [0.1, 0.15) is 35.1 Å². The Labute approximate surface area is 150 Å². The highest BCUT2D eigenvalue weighted by molar-refractivity contribution is 7.86. The molecule has 0 unspecified atom stereocenters. The van der Waals surface area contributed by atoms with E-state index in [2.05, 4.69) is 26.0 Å². The molecule has 0 radical (unpaired) electrons. The molecule has 25 heavy (non-hydrogen) atoms. The van der Waals surface area contributed by atoms with Crippen molar-refractivity contribution in [2.75, 3.05) is 13.2 Å². The van der Waals surface area contributed by atoms with Crippen molar-refractivity contribution in [2.24, 2.45) is 0 Å². The molecule has 0 aliphatic carbocycles. The SMILES string of the molecule is Cc1ccc(S(=O)(=O)OCCCCOCc2c(C)cccc2C)cc1. The molecule has 0 fully saturated rings. The molecule has 5 heteroatoms. The molecule has 0 aliphatic rings. The molecule has 2 aromatic rings. The Morgan fingerprint density at radius 1 is 0.840 bits per heavy atom. The Bertz CT molecular complexity index is 760. The molecule has 0 spiro atoms. The second-order valence-corrected chi connectivity index (χ2v) is 7.83. The van der Waals surface area contributed by atoms with Gasteiger partial charge in [0.15, 0.2) is 0 Å². The molecule has 0 bridgehead atoms. The standard InChI is InChI=1S/C20H26O4S/c1-16-9-11-19(12-10-16)25(21,22)24-14-5-4-13-23-15-20-17(2)7-6-8-18(20)3/h6-12H,4-5,13-15H2,1-3H3. The summed E-state index contributed by atoms with van der Waals surface area (Å²) in [4.78, 5) is 0.198. The summed E-state index contributed by atoms with van der Waals surface area (Å²) < 4.78 is 34.9.